The second-order valence-corrected chi connectivity index (χ2v) is 7.30. The van der Waals surface area contributed by atoms with Crippen molar-refractivity contribution in [2.24, 2.45) is 0 Å². The number of rotatable bonds is 4. The molecular weight excluding hydrogens is 390 g/mol. The van der Waals surface area contributed by atoms with Gasteiger partial charge in [0.05, 0.1) is 11.2 Å². The molecule has 0 atom stereocenters. The number of hydrogen-bond donors (Lipinski definition) is 1. The molecule has 1 N–H and O–H groups in total. The molecule has 3 heterocycles. The summed E-state index contributed by atoms with van der Waals surface area (Å²) in [6.07, 6.45) is 0.758. The molecule has 1 aliphatic carbocycles. The molecule has 0 radical (unpaired) electrons. The van der Waals surface area contributed by atoms with E-state index in [9.17, 15) is 22.4 Å². The van der Waals surface area contributed by atoms with Crippen LogP contribution in [0.3, 0.4) is 0 Å². The molecule has 1 saturated carbocycles. The lowest BCUT2D eigenvalue weighted by atomic mass is 9.78. The van der Waals surface area contributed by atoms with E-state index in [0.717, 1.165) is 6.92 Å². The fourth-order valence-corrected chi connectivity index (χ4v) is 3.40. The highest BCUT2D eigenvalue weighted by Gasteiger charge is 2.47. The monoisotopic (exact) mass is 407 g/mol. The van der Waals surface area contributed by atoms with Gasteiger partial charge in [-0.15, -0.1) is 0 Å². The number of pyridine rings is 2. The van der Waals surface area contributed by atoms with Crippen LogP contribution < -0.4 is 5.32 Å². The first-order valence-electron chi connectivity index (χ1n) is 8.93. The van der Waals surface area contributed by atoms with Gasteiger partial charge in [0.15, 0.2) is 5.82 Å². The van der Waals surface area contributed by atoms with E-state index in [0.29, 0.717) is 16.6 Å². The van der Waals surface area contributed by atoms with Crippen molar-refractivity contribution in [3.8, 4) is 5.82 Å². The number of nitrogens with zero attached hydrogens (tertiary/aromatic N) is 4. The highest BCUT2D eigenvalue weighted by Crippen LogP contribution is 2.49. The molecule has 4 rings (SSSR count). The number of nitrogens with one attached hydrogen (secondary N) is 1. The van der Waals surface area contributed by atoms with Gasteiger partial charge in [0.2, 0.25) is 11.8 Å². The van der Waals surface area contributed by atoms with Gasteiger partial charge < -0.3 is 5.32 Å². The van der Waals surface area contributed by atoms with E-state index in [2.05, 4.69) is 20.4 Å². The van der Waals surface area contributed by atoms with E-state index in [1.807, 2.05) is 0 Å². The number of anilines is 1. The fraction of sp³-hybridized carbons (Fsp3) is 0.368. The third kappa shape index (κ3) is 3.66. The molecule has 6 nitrogen and oxygen atoms in total. The van der Waals surface area contributed by atoms with Crippen molar-refractivity contribution in [2.45, 2.75) is 44.5 Å². The van der Waals surface area contributed by atoms with Crippen molar-refractivity contribution in [1.29, 1.82) is 0 Å². The number of fused-ring (bicyclic) bond motifs is 1. The Labute approximate surface area is 163 Å². The predicted molar refractivity (Wildman–Crippen MR) is 97.5 cm³/mol. The molecule has 1 amide bonds. The minimum atomic E-state index is -3.15. The molecule has 152 valence electrons. The summed E-state index contributed by atoms with van der Waals surface area (Å²) in [5.74, 6) is -6.36. The zero-order valence-electron chi connectivity index (χ0n) is 15.6. The van der Waals surface area contributed by atoms with Crippen LogP contribution in [0.25, 0.3) is 16.7 Å². The Hall–Kier alpha value is -3.04. The second-order valence-electron chi connectivity index (χ2n) is 7.30. The van der Waals surface area contributed by atoms with Crippen LogP contribution in [-0.4, -0.2) is 31.6 Å². The summed E-state index contributed by atoms with van der Waals surface area (Å²) < 4.78 is 55.6. The summed E-state index contributed by atoms with van der Waals surface area (Å²) >= 11 is 0. The molecule has 0 saturated heterocycles. The average molecular weight is 407 g/mol. The van der Waals surface area contributed by atoms with Crippen LogP contribution in [0.4, 0.5) is 23.4 Å². The van der Waals surface area contributed by atoms with Crippen molar-refractivity contribution in [1.82, 2.24) is 19.7 Å². The first-order valence-corrected chi connectivity index (χ1v) is 8.93. The summed E-state index contributed by atoms with van der Waals surface area (Å²) in [5.41, 5.74) is 0.396. The van der Waals surface area contributed by atoms with Crippen LogP contribution in [0.2, 0.25) is 0 Å². The highest BCUT2D eigenvalue weighted by molar-refractivity contribution is 5.91. The molecule has 0 aliphatic heterocycles. The van der Waals surface area contributed by atoms with Gasteiger partial charge in [-0.25, -0.2) is 23.4 Å². The summed E-state index contributed by atoms with van der Waals surface area (Å²) in [6.45, 7) is 2.06. The van der Waals surface area contributed by atoms with Crippen molar-refractivity contribution >= 4 is 22.6 Å². The van der Waals surface area contributed by atoms with Crippen LogP contribution in [-0.2, 0) is 10.7 Å². The van der Waals surface area contributed by atoms with Crippen LogP contribution in [0.1, 0.15) is 44.0 Å². The standard InChI is InChI=1S/C19H17F4N5O/c1-10(29)25-15-6-13-12(9-24-15)17(11-7-19(22,23)8-11)27-28(13)16-5-3-4-14(26-16)18(2,20)21/h3-6,9,11H,7-8H2,1-2H3,(H,24,25,29). The number of alkyl halides is 4. The molecule has 3 aromatic heterocycles. The van der Waals surface area contributed by atoms with Gasteiger partial charge in [0.1, 0.15) is 11.5 Å². The molecule has 0 bridgehead atoms. The number of amides is 1. The van der Waals surface area contributed by atoms with Crippen molar-refractivity contribution in [3.05, 3.63) is 41.9 Å². The molecule has 29 heavy (non-hydrogen) atoms. The maximum Gasteiger partial charge on any atom is 0.287 e. The van der Waals surface area contributed by atoms with E-state index < -0.39 is 23.5 Å². The topological polar surface area (TPSA) is 72.7 Å². The van der Waals surface area contributed by atoms with Gasteiger partial charge in [-0.2, -0.15) is 13.9 Å². The minimum absolute atomic E-state index is 0.117. The lowest BCUT2D eigenvalue weighted by Crippen LogP contribution is -2.34. The summed E-state index contributed by atoms with van der Waals surface area (Å²) in [6, 6.07) is 5.64. The van der Waals surface area contributed by atoms with Crippen LogP contribution in [0.5, 0.6) is 0 Å². The molecule has 10 heteroatoms. The number of carbonyl (C=O) groups excluding carboxylic acids is 1. The molecule has 1 aliphatic rings. The lowest BCUT2D eigenvalue weighted by Gasteiger charge is -2.33. The van der Waals surface area contributed by atoms with Crippen molar-refractivity contribution in [3.63, 3.8) is 0 Å². The Bertz CT molecular complexity index is 1100. The minimum Gasteiger partial charge on any atom is -0.311 e. The van der Waals surface area contributed by atoms with Gasteiger partial charge >= 0.3 is 0 Å². The van der Waals surface area contributed by atoms with E-state index in [1.54, 1.807) is 0 Å². The highest BCUT2D eigenvalue weighted by atomic mass is 19.3. The first kappa shape index (κ1) is 19.3. The Morgan fingerprint density at radius 3 is 2.66 bits per heavy atom. The molecule has 0 spiro atoms. The fourth-order valence-electron chi connectivity index (χ4n) is 3.40. The number of aromatic nitrogens is 4. The SMILES string of the molecule is CC(=O)Nc1cc2c(cn1)c(C1CC(F)(F)C1)nn2-c1cccc(C(C)(F)F)n1. The van der Waals surface area contributed by atoms with Crippen LogP contribution >= 0.6 is 0 Å². The van der Waals surface area contributed by atoms with Gasteiger partial charge in [0, 0.05) is 50.3 Å². The molecule has 3 aromatic rings. The van der Waals surface area contributed by atoms with Gasteiger partial charge in [0.25, 0.3) is 5.92 Å². The number of carbonyl (C=O) groups is 1. The quantitative estimate of drug-likeness (QED) is 0.651. The van der Waals surface area contributed by atoms with E-state index >= 15 is 0 Å². The summed E-state index contributed by atoms with van der Waals surface area (Å²) in [5, 5.41) is 7.46. The van der Waals surface area contributed by atoms with Crippen LogP contribution in [0, 0.1) is 0 Å². The van der Waals surface area contributed by atoms with Crippen LogP contribution in [0.15, 0.2) is 30.5 Å². The van der Waals surface area contributed by atoms with Gasteiger partial charge in [-0.05, 0) is 12.1 Å². The van der Waals surface area contributed by atoms with Gasteiger partial charge in [-0.3, -0.25) is 4.79 Å². The Kier molecular flexibility index (Phi) is 4.32. The smallest absolute Gasteiger partial charge is 0.287 e. The van der Waals surface area contributed by atoms with E-state index in [-0.39, 0.29) is 30.4 Å². The molecular formula is C19H17F4N5O. The maximum absolute atomic E-state index is 13.7. The Balaban J connectivity index is 1.87. The zero-order chi connectivity index (χ0) is 21.0. The first-order chi connectivity index (χ1) is 13.5. The Morgan fingerprint density at radius 1 is 1.31 bits per heavy atom. The number of hydrogen-bond acceptors (Lipinski definition) is 4. The maximum atomic E-state index is 13.7. The number of halogens is 4. The van der Waals surface area contributed by atoms with E-state index in [1.165, 1.54) is 42.1 Å². The van der Waals surface area contributed by atoms with Gasteiger partial charge in [-0.1, -0.05) is 6.07 Å². The second kappa shape index (κ2) is 6.50. The van der Waals surface area contributed by atoms with Crippen molar-refractivity contribution < 1.29 is 22.4 Å². The Morgan fingerprint density at radius 2 is 2.03 bits per heavy atom. The third-order valence-electron chi connectivity index (χ3n) is 4.78. The third-order valence-corrected chi connectivity index (χ3v) is 4.78. The average Bonchev–Trinajstić information content (AvgIpc) is 2.97. The lowest BCUT2D eigenvalue weighted by molar-refractivity contribution is -0.114. The predicted octanol–water partition coefficient (Wildman–Crippen LogP) is 4.40. The molecule has 0 aromatic carbocycles. The molecule has 0 unspecified atom stereocenters. The van der Waals surface area contributed by atoms with Crippen molar-refractivity contribution in [2.75, 3.05) is 5.32 Å². The zero-order valence-corrected chi connectivity index (χ0v) is 15.6. The van der Waals surface area contributed by atoms with E-state index in [4.69, 9.17) is 0 Å². The normalized spacial score (nSPS) is 16.6. The largest absolute Gasteiger partial charge is 0.311 e. The molecule has 1 fully saturated rings. The summed E-state index contributed by atoms with van der Waals surface area (Å²) in [7, 11) is 0. The summed E-state index contributed by atoms with van der Waals surface area (Å²) in [4.78, 5) is 19.5.